The molecule has 19 heavy (non-hydrogen) atoms. The molecule has 0 spiro atoms. The lowest BCUT2D eigenvalue weighted by Crippen LogP contribution is -2.43. The lowest BCUT2D eigenvalue weighted by molar-refractivity contribution is 0.294. The minimum atomic E-state index is 0.398. The van der Waals surface area contributed by atoms with Crippen molar-refractivity contribution in [2.75, 3.05) is 13.1 Å². The molecule has 4 heteroatoms. The smallest absolute Gasteiger partial charge is 0.227 e. The maximum absolute atomic E-state index is 5.39. The van der Waals surface area contributed by atoms with Crippen molar-refractivity contribution in [3.05, 3.63) is 47.1 Å². The molecule has 4 nitrogen and oxygen atoms in total. The molecule has 2 aromatic rings. The van der Waals surface area contributed by atoms with Crippen molar-refractivity contribution in [2.45, 2.75) is 25.2 Å². The van der Waals surface area contributed by atoms with Crippen molar-refractivity contribution in [1.29, 1.82) is 0 Å². The Bertz CT molecular complexity index is 564. The first kappa shape index (κ1) is 11.2. The van der Waals surface area contributed by atoms with Crippen LogP contribution < -0.4 is 5.32 Å². The summed E-state index contributed by atoms with van der Waals surface area (Å²) < 4.78 is 5.39. The molecule has 1 aliphatic heterocycles. The molecule has 0 atom stereocenters. The van der Waals surface area contributed by atoms with E-state index in [9.17, 15) is 0 Å². The van der Waals surface area contributed by atoms with Gasteiger partial charge in [-0.25, -0.2) is 0 Å². The fourth-order valence-electron chi connectivity index (χ4n) is 3.00. The summed E-state index contributed by atoms with van der Waals surface area (Å²) >= 11 is 0. The highest BCUT2D eigenvalue weighted by atomic mass is 16.5. The van der Waals surface area contributed by atoms with Crippen LogP contribution in [0.4, 0.5) is 0 Å². The van der Waals surface area contributed by atoms with Crippen molar-refractivity contribution in [3.63, 3.8) is 0 Å². The molecule has 2 heterocycles. The molecule has 0 unspecified atom stereocenters. The third-order valence-electron chi connectivity index (χ3n) is 4.23. The van der Waals surface area contributed by atoms with Gasteiger partial charge in [-0.2, -0.15) is 4.98 Å². The Morgan fingerprint density at radius 2 is 1.89 bits per heavy atom. The van der Waals surface area contributed by atoms with Crippen LogP contribution in [0.3, 0.4) is 0 Å². The zero-order valence-corrected chi connectivity index (χ0v) is 10.8. The van der Waals surface area contributed by atoms with Crippen LogP contribution in [-0.2, 0) is 19.3 Å². The van der Waals surface area contributed by atoms with Gasteiger partial charge in [0.15, 0.2) is 5.82 Å². The topological polar surface area (TPSA) is 51.0 Å². The minimum Gasteiger partial charge on any atom is -0.339 e. The summed E-state index contributed by atoms with van der Waals surface area (Å²) in [6.45, 7) is 2.15. The molecule has 4 rings (SSSR count). The van der Waals surface area contributed by atoms with Crippen molar-refractivity contribution < 1.29 is 4.52 Å². The van der Waals surface area contributed by atoms with Crippen molar-refractivity contribution >= 4 is 0 Å². The molecule has 1 saturated heterocycles. The Morgan fingerprint density at radius 1 is 1.16 bits per heavy atom. The molecule has 2 aliphatic rings. The maximum atomic E-state index is 5.39. The van der Waals surface area contributed by atoms with Gasteiger partial charge in [0.1, 0.15) is 0 Å². The van der Waals surface area contributed by atoms with Crippen LogP contribution in [0.5, 0.6) is 0 Å². The fraction of sp³-hybridized carbons (Fsp3) is 0.467. The molecule has 1 fully saturated rings. The van der Waals surface area contributed by atoms with Crippen LogP contribution in [0.1, 0.15) is 28.8 Å². The summed E-state index contributed by atoms with van der Waals surface area (Å²) in [6.07, 6.45) is 3.00. The van der Waals surface area contributed by atoms with Gasteiger partial charge >= 0.3 is 0 Å². The standard InChI is InChI=1S/C15H17N3O/c1-2-4-12-7-13(6-11(12)3-1)15-17-14(19-18-15)5-10-8-16-9-10/h1-4,10,13,16H,5-9H2. The van der Waals surface area contributed by atoms with Crippen LogP contribution in [0, 0.1) is 5.92 Å². The van der Waals surface area contributed by atoms with E-state index >= 15 is 0 Å². The first-order valence-corrected chi connectivity index (χ1v) is 6.98. The summed E-state index contributed by atoms with van der Waals surface area (Å²) in [5.74, 6) is 2.76. The highest BCUT2D eigenvalue weighted by molar-refractivity contribution is 5.34. The summed E-state index contributed by atoms with van der Waals surface area (Å²) in [5, 5.41) is 7.45. The number of benzene rings is 1. The van der Waals surface area contributed by atoms with Gasteiger partial charge in [-0.1, -0.05) is 29.4 Å². The van der Waals surface area contributed by atoms with Gasteiger partial charge in [0.25, 0.3) is 0 Å². The lowest BCUT2D eigenvalue weighted by atomic mass is 9.99. The molecule has 0 bridgehead atoms. The SMILES string of the molecule is c1ccc2c(c1)CC(c1noc(CC3CNC3)n1)C2. The third-order valence-corrected chi connectivity index (χ3v) is 4.23. The van der Waals surface area contributed by atoms with Gasteiger partial charge in [-0.3, -0.25) is 0 Å². The van der Waals surface area contributed by atoms with E-state index in [4.69, 9.17) is 4.52 Å². The number of hydrogen-bond acceptors (Lipinski definition) is 4. The van der Waals surface area contributed by atoms with E-state index < -0.39 is 0 Å². The normalized spacial score (nSPS) is 19.4. The molecule has 1 aliphatic carbocycles. The number of rotatable bonds is 3. The Hall–Kier alpha value is -1.68. The van der Waals surface area contributed by atoms with Gasteiger partial charge in [0.05, 0.1) is 0 Å². The van der Waals surface area contributed by atoms with Gasteiger partial charge in [-0.05, 0) is 43.0 Å². The number of fused-ring (bicyclic) bond motifs is 1. The van der Waals surface area contributed by atoms with Crippen LogP contribution in [0.2, 0.25) is 0 Å². The predicted molar refractivity (Wildman–Crippen MR) is 71.0 cm³/mol. The van der Waals surface area contributed by atoms with Gasteiger partial charge in [0.2, 0.25) is 5.89 Å². The van der Waals surface area contributed by atoms with E-state index in [1.54, 1.807) is 0 Å². The Balaban J connectivity index is 1.48. The summed E-state index contributed by atoms with van der Waals surface area (Å²) in [6, 6.07) is 8.62. The van der Waals surface area contributed by atoms with Crippen LogP contribution >= 0.6 is 0 Å². The Kier molecular flexibility index (Phi) is 2.62. The molecule has 1 aromatic carbocycles. The van der Waals surface area contributed by atoms with E-state index in [1.165, 1.54) is 11.1 Å². The second-order valence-corrected chi connectivity index (χ2v) is 5.65. The monoisotopic (exact) mass is 255 g/mol. The first-order valence-electron chi connectivity index (χ1n) is 6.98. The first-order chi connectivity index (χ1) is 9.38. The number of aromatic nitrogens is 2. The van der Waals surface area contributed by atoms with Crippen molar-refractivity contribution in [3.8, 4) is 0 Å². The average Bonchev–Trinajstić information content (AvgIpc) is 3.00. The van der Waals surface area contributed by atoms with Crippen molar-refractivity contribution in [2.24, 2.45) is 5.92 Å². The van der Waals surface area contributed by atoms with Crippen LogP contribution in [0.25, 0.3) is 0 Å². The highest BCUT2D eigenvalue weighted by Gasteiger charge is 2.27. The Morgan fingerprint density at radius 3 is 2.53 bits per heavy atom. The molecule has 0 saturated carbocycles. The second kappa shape index (κ2) is 4.46. The van der Waals surface area contributed by atoms with E-state index in [-0.39, 0.29) is 0 Å². The molecule has 1 N–H and O–H groups in total. The number of nitrogens with zero attached hydrogens (tertiary/aromatic N) is 2. The summed E-state index contributed by atoms with van der Waals surface area (Å²) in [4.78, 5) is 4.59. The predicted octanol–water partition coefficient (Wildman–Crippen LogP) is 1.71. The zero-order valence-electron chi connectivity index (χ0n) is 10.8. The summed E-state index contributed by atoms with van der Waals surface area (Å²) in [7, 11) is 0. The van der Waals surface area contributed by atoms with Crippen LogP contribution in [0.15, 0.2) is 28.8 Å². The van der Waals surface area contributed by atoms with Gasteiger partial charge < -0.3 is 9.84 Å². The Labute approximate surface area is 112 Å². The highest BCUT2D eigenvalue weighted by Crippen LogP contribution is 2.32. The quantitative estimate of drug-likeness (QED) is 0.907. The van der Waals surface area contributed by atoms with Crippen LogP contribution in [-0.4, -0.2) is 23.2 Å². The van der Waals surface area contributed by atoms with E-state index in [2.05, 4.69) is 39.7 Å². The average molecular weight is 255 g/mol. The number of nitrogens with one attached hydrogen (secondary N) is 1. The number of hydrogen-bond donors (Lipinski definition) is 1. The van der Waals surface area contributed by atoms with E-state index in [0.29, 0.717) is 11.8 Å². The van der Waals surface area contributed by atoms with E-state index in [1.807, 2.05) is 0 Å². The van der Waals surface area contributed by atoms with E-state index in [0.717, 1.165) is 44.1 Å². The maximum Gasteiger partial charge on any atom is 0.227 e. The second-order valence-electron chi connectivity index (χ2n) is 5.65. The zero-order chi connectivity index (χ0) is 12.7. The molecule has 98 valence electrons. The van der Waals surface area contributed by atoms with Gasteiger partial charge in [-0.15, -0.1) is 0 Å². The minimum absolute atomic E-state index is 0.398. The fourth-order valence-corrected chi connectivity index (χ4v) is 3.00. The largest absolute Gasteiger partial charge is 0.339 e. The van der Waals surface area contributed by atoms with Gasteiger partial charge in [0, 0.05) is 12.3 Å². The molecular weight excluding hydrogens is 238 g/mol. The molecule has 0 amide bonds. The molecule has 0 radical (unpaired) electrons. The lowest BCUT2D eigenvalue weighted by Gasteiger charge is -2.25. The molecule has 1 aromatic heterocycles. The summed E-state index contributed by atoms with van der Waals surface area (Å²) in [5.41, 5.74) is 2.86. The van der Waals surface area contributed by atoms with Crippen molar-refractivity contribution in [1.82, 2.24) is 15.5 Å². The molecular formula is C15H17N3O. The third kappa shape index (κ3) is 2.06.